The average molecular weight is 252 g/mol. The molecule has 0 aliphatic heterocycles. The molecule has 86 valence electrons. The van der Waals surface area contributed by atoms with Crippen molar-refractivity contribution in [1.29, 1.82) is 5.26 Å². The van der Waals surface area contributed by atoms with Crippen molar-refractivity contribution < 1.29 is 0 Å². The molecule has 4 nitrogen and oxygen atoms in total. The number of benzene rings is 1. The van der Waals surface area contributed by atoms with Crippen LogP contribution in [0.25, 0.3) is 10.2 Å². The predicted molar refractivity (Wildman–Crippen MR) is 71.9 cm³/mol. The Balaban J connectivity index is 1.93. The van der Waals surface area contributed by atoms with E-state index in [9.17, 15) is 0 Å². The minimum absolute atomic E-state index is 0.402. The van der Waals surface area contributed by atoms with Crippen LogP contribution in [0.2, 0.25) is 0 Å². The fraction of sp³-hybridized carbons (Fsp3) is 0. The minimum Gasteiger partial charge on any atom is -0.355 e. The molecule has 1 N–H and O–H groups in total. The Hall–Kier alpha value is -2.45. The van der Waals surface area contributed by atoms with Crippen molar-refractivity contribution in [2.24, 2.45) is 0 Å². The molecular formula is C13H8N4S. The van der Waals surface area contributed by atoms with Crippen LogP contribution in [-0.2, 0) is 0 Å². The van der Waals surface area contributed by atoms with E-state index in [0.29, 0.717) is 5.69 Å². The summed E-state index contributed by atoms with van der Waals surface area (Å²) in [4.78, 5) is 8.16. The molecule has 2 aromatic heterocycles. The van der Waals surface area contributed by atoms with Gasteiger partial charge in [0.05, 0.1) is 15.7 Å². The van der Waals surface area contributed by atoms with E-state index in [1.807, 2.05) is 35.8 Å². The van der Waals surface area contributed by atoms with Crippen molar-refractivity contribution >= 4 is 32.9 Å². The summed E-state index contributed by atoms with van der Waals surface area (Å²) < 4.78 is 1.13. The lowest BCUT2D eigenvalue weighted by molar-refractivity contribution is 1.26. The second-order valence-corrected chi connectivity index (χ2v) is 4.59. The summed E-state index contributed by atoms with van der Waals surface area (Å²) in [5.74, 6) is 0. The van der Waals surface area contributed by atoms with Gasteiger partial charge < -0.3 is 5.32 Å². The summed E-state index contributed by atoms with van der Waals surface area (Å²) >= 11 is 1.60. The van der Waals surface area contributed by atoms with Crippen molar-refractivity contribution in [2.45, 2.75) is 0 Å². The summed E-state index contributed by atoms with van der Waals surface area (Å²) in [6.45, 7) is 0. The quantitative estimate of drug-likeness (QED) is 0.760. The Morgan fingerprint density at radius 1 is 1.11 bits per heavy atom. The number of pyridine rings is 1. The SMILES string of the molecule is N#Cc1cc(Nc2ccc3ncsc3c2)ccn1. The molecular weight excluding hydrogens is 244 g/mol. The molecule has 0 saturated carbocycles. The molecule has 5 heteroatoms. The van der Waals surface area contributed by atoms with Crippen LogP contribution >= 0.6 is 11.3 Å². The zero-order valence-electron chi connectivity index (χ0n) is 9.29. The second-order valence-electron chi connectivity index (χ2n) is 3.70. The third-order valence-electron chi connectivity index (χ3n) is 2.49. The molecule has 0 saturated heterocycles. The number of nitriles is 1. The number of fused-ring (bicyclic) bond motifs is 1. The van der Waals surface area contributed by atoms with E-state index in [0.717, 1.165) is 21.6 Å². The first-order chi connectivity index (χ1) is 8.85. The van der Waals surface area contributed by atoms with Crippen LogP contribution < -0.4 is 5.32 Å². The third kappa shape index (κ3) is 2.01. The average Bonchev–Trinajstić information content (AvgIpc) is 2.86. The Morgan fingerprint density at radius 3 is 2.89 bits per heavy atom. The summed E-state index contributed by atoms with van der Waals surface area (Å²) in [6.07, 6.45) is 1.62. The largest absolute Gasteiger partial charge is 0.355 e. The third-order valence-corrected chi connectivity index (χ3v) is 3.29. The first-order valence-corrected chi connectivity index (χ1v) is 6.19. The van der Waals surface area contributed by atoms with Gasteiger partial charge in [0.1, 0.15) is 11.8 Å². The van der Waals surface area contributed by atoms with Crippen LogP contribution in [0.1, 0.15) is 5.69 Å². The summed E-state index contributed by atoms with van der Waals surface area (Å²) in [5, 5.41) is 12.0. The van der Waals surface area contributed by atoms with Crippen molar-refractivity contribution in [2.75, 3.05) is 5.32 Å². The lowest BCUT2D eigenvalue weighted by atomic mass is 10.2. The number of rotatable bonds is 2. The molecule has 0 radical (unpaired) electrons. The topological polar surface area (TPSA) is 61.6 Å². The molecule has 0 unspecified atom stereocenters. The number of anilines is 2. The summed E-state index contributed by atoms with van der Waals surface area (Å²) in [7, 11) is 0. The van der Waals surface area contributed by atoms with E-state index in [1.54, 1.807) is 23.6 Å². The highest BCUT2D eigenvalue weighted by atomic mass is 32.1. The van der Waals surface area contributed by atoms with Gasteiger partial charge in [-0.2, -0.15) is 5.26 Å². The van der Waals surface area contributed by atoms with Crippen LogP contribution in [0, 0.1) is 11.3 Å². The van der Waals surface area contributed by atoms with E-state index >= 15 is 0 Å². The molecule has 0 aliphatic rings. The lowest BCUT2D eigenvalue weighted by Gasteiger charge is -2.05. The fourth-order valence-corrected chi connectivity index (χ4v) is 2.39. The minimum atomic E-state index is 0.402. The van der Waals surface area contributed by atoms with E-state index < -0.39 is 0 Å². The Kier molecular flexibility index (Phi) is 2.63. The van der Waals surface area contributed by atoms with Gasteiger partial charge in [-0.15, -0.1) is 11.3 Å². The maximum Gasteiger partial charge on any atom is 0.142 e. The van der Waals surface area contributed by atoms with E-state index in [4.69, 9.17) is 5.26 Å². The highest BCUT2D eigenvalue weighted by molar-refractivity contribution is 7.16. The van der Waals surface area contributed by atoms with E-state index in [1.165, 1.54) is 0 Å². The summed E-state index contributed by atoms with van der Waals surface area (Å²) in [6, 6.07) is 11.6. The highest BCUT2D eigenvalue weighted by Crippen LogP contribution is 2.24. The van der Waals surface area contributed by atoms with Gasteiger partial charge in [0.15, 0.2) is 0 Å². The Bertz CT molecular complexity index is 742. The number of nitrogens with zero attached hydrogens (tertiary/aromatic N) is 3. The number of hydrogen-bond acceptors (Lipinski definition) is 5. The first-order valence-electron chi connectivity index (χ1n) is 5.31. The Morgan fingerprint density at radius 2 is 2.00 bits per heavy atom. The lowest BCUT2D eigenvalue weighted by Crippen LogP contribution is -1.91. The number of aromatic nitrogens is 2. The van der Waals surface area contributed by atoms with Gasteiger partial charge in [-0.3, -0.25) is 0 Å². The van der Waals surface area contributed by atoms with Gasteiger partial charge in [-0.05, 0) is 30.3 Å². The Labute approximate surface area is 108 Å². The molecule has 0 amide bonds. The second kappa shape index (κ2) is 4.43. The van der Waals surface area contributed by atoms with Crippen LogP contribution in [0.15, 0.2) is 42.0 Å². The van der Waals surface area contributed by atoms with Crippen LogP contribution in [0.5, 0.6) is 0 Å². The predicted octanol–water partition coefficient (Wildman–Crippen LogP) is 3.31. The molecule has 3 rings (SSSR count). The summed E-state index contributed by atoms with van der Waals surface area (Å²) in [5.41, 5.74) is 5.05. The van der Waals surface area contributed by atoms with Gasteiger partial charge in [-0.1, -0.05) is 0 Å². The molecule has 0 bridgehead atoms. The maximum absolute atomic E-state index is 8.79. The fourth-order valence-electron chi connectivity index (χ4n) is 1.67. The van der Waals surface area contributed by atoms with Crippen molar-refractivity contribution in [1.82, 2.24) is 9.97 Å². The van der Waals surface area contributed by atoms with Crippen LogP contribution in [0.4, 0.5) is 11.4 Å². The van der Waals surface area contributed by atoms with Gasteiger partial charge in [0.25, 0.3) is 0 Å². The van der Waals surface area contributed by atoms with E-state index in [-0.39, 0.29) is 0 Å². The van der Waals surface area contributed by atoms with Gasteiger partial charge in [0.2, 0.25) is 0 Å². The first kappa shape index (κ1) is 10.7. The molecule has 0 atom stereocenters. The van der Waals surface area contributed by atoms with Gasteiger partial charge in [0, 0.05) is 17.6 Å². The highest BCUT2D eigenvalue weighted by Gasteiger charge is 2.00. The van der Waals surface area contributed by atoms with E-state index in [2.05, 4.69) is 15.3 Å². The molecule has 18 heavy (non-hydrogen) atoms. The van der Waals surface area contributed by atoms with Crippen LogP contribution in [-0.4, -0.2) is 9.97 Å². The van der Waals surface area contributed by atoms with Crippen molar-refractivity contribution in [3.63, 3.8) is 0 Å². The number of nitrogens with one attached hydrogen (secondary N) is 1. The molecule has 0 aliphatic carbocycles. The molecule has 3 aromatic rings. The van der Waals surface area contributed by atoms with Crippen molar-refractivity contribution in [3.8, 4) is 6.07 Å². The zero-order chi connectivity index (χ0) is 12.4. The number of hydrogen-bond donors (Lipinski definition) is 1. The normalized spacial score (nSPS) is 10.2. The standard InChI is InChI=1S/C13H8N4S/c14-7-11-5-10(3-4-15-11)17-9-1-2-12-13(6-9)18-8-16-12/h1-6,8H,(H,15,17). The molecule has 1 aromatic carbocycles. The van der Waals surface area contributed by atoms with Gasteiger partial charge in [-0.25, -0.2) is 9.97 Å². The monoisotopic (exact) mass is 252 g/mol. The maximum atomic E-state index is 8.79. The molecule has 0 fully saturated rings. The zero-order valence-corrected chi connectivity index (χ0v) is 10.1. The smallest absolute Gasteiger partial charge is 0.142 e. The van der Waals surface area contributed by atoms with Crippen LogP contribution in [0.3, 0.4) is 0 Å². The molecule has 2 heterocycles. The number of thiazole rings is 1. The van der Waals surface area contributed by atoms with Crippen molar-refractivity contribution in [3.05, 3.63) is 47.7 Å². The van der Waals surface area contributed by atoms with Gasteiger partial charge >= 0.3 is 0 Å². The molecule has 0 spiro atoms.